The topological polar surface area (TPSA) is 24.7 Å². The third-order valence-electron chi connectivity index (χ3n) is 5.01. The largest absolute Gasteiger partial charge is 0.187 e. The Morgan fingerprint density at radius 3 is 1.00 bits per heavy atom. The molecule has 28 heavy (non-hydrogen) atoms. The predicted octanol–water partition coefficient (Wildman–Crippen LogP) is 8.74. The summed E-state index contributed by atoms with van der Waals surface area (Å²) in [4.78, 5) is 9.46. The van der Waals surface area contributed by atoms with Gasteiger partial charge in [0.2, 0.25) is 0 Å². The van der Waals surface area contributed by atoms with Gasteiger partial charge in [0.15, 0.2) is 0 Å². The summed E-state index contributed by atoms with van der Waals surface area (Å²) in [7, 11) is 0. The van der Waals surface area contributed by atoms with E-state index in [0.717, 1.165) is 11.4 Å². The summed E-state index contributed by atoms with van der Waals surface area (Å²) < 4.78 is 0. The molecular weight excluding hydrogens is 364 g/mol. The summed E-state index contributed by atoms with van der Waals surface area (Å²) in [5.41, 5.74) is 7.07. The lowest BCUT2D eigenvalue weighted by molar-refractivity contribution is 0.833. The van der Waals surface area contributed by atoms with Crippen molar-refractivity contribution in [1.82, 2.24) is 0 Å². The Bertz CT molecular complexity index is 722. The van der Waals surface area contributed by atoms with Crippen molar-refractivity contribution in [2.45, 2.75) is 79.1 Å². The predicted molar refractivity (Wildman–Crippen MR) is 126 cm³/mol. The van der Waals surface area contributed by atoms with Crippen molar-refractivity contribution in [1.29, 1.82) is 0 Å². The Morgan fingerprint density at radius 1 is 0.536 bits per heavy atom. The molecule has 2 aromatic rings. The zero-order valence-electron chi connectivity index (χ0n) is 18.6. The van der Waals surface area contributed by atoms with Gasteiger partial charge in [0.05, 0.1) is 11.4 Å². The smallest absolute Gasteiger partial charge is 0.101 e. The van der Waals surface area contributed by atoms with Crippen LogP contribution in [0.5, 0.6) is 0 Å². The van der Waals surface area contributed by atoms with Crippen LogP contribution in [0.15, 0.2) is 46.4 Å². The molecule has 0 heterocycles. The number of hydrogen-bond acceptors (Lipinski definition) is 2. The molecule has 152 valence electrons. The molecule has 0 unspecified atom stereocenters. The van der Waals surface area contributed by atoms with Crippen molar-refractivity contribution >= 4 is 29.8 Å². The SMILES string of the molecule is CC(C)c1cccc(C(C)C)c1N=C=Nc1c(C(C)C)cccc1C(C)C.Cl. The molecule has 0 saturated carbocycles. The summed E-state index contributed by atoms with van der Waals surface area (Å²) in [6, 6.07) is 16.0. The van der Waals surface area contributed by atoms with E-state index in [1.54, 1.807) is 0 Å². The summed E-state index contributed by atoms with van der Waals surface area (Å²) in [6.07, 6.45) is 0. The van der Waals surface area contributed by atoms with E-state index in [1.165, 1.54) is 22.3 Å². The summed E-state index contributed by atoms with van der Waals surface area (Å²) >= 11 is 0. The Balaban J connectivity index is 0.00000392. The Morgan fingerprint density at radius 2 is 0.786 bits per heavy atom. The van der Waals surface area contributed by atoms with Crippen molar-refractivity contribution in [2.75, 3.05) is 0 Å². The molecule has 0 radical (unpaired) electrons. The van der Waals surface area contributed by atoms with Crippen LogP contribution in [-0.2, 0) is 0 Å². The van der Waals surface area contributed by atoms with Crippen LogP contribution in [0, 0.1) is 0 Å². The van der Waals surface area contributed by atoms with E-state index in [4.69, 9.17) is 9.98 Å². The lowest BCUT2D eigenvalue weighted by Gasteiger charge is -2.16. The molecule has 0 saturated heterocycles. The molecule has 0 aliphatic heterocycles. The maximum absolute atomic E-state index is 4.73. The minimum absolute atomic E-state index is 0. The van der Waals surface area contributed by atoms with Crippen LogP contribution in [0.4, 0.5) is 11.4 Å². The summed E-state index contributed by atoms with van der Waals surface area (Å²) in [6.45, 7) is 17.7. The first-order chi connectivity index (χ1) is 12.7. The number of hydrogen-bond donors (Lipinski definition) is 0. The molecular formula is C25H35ClN2. The maximum Gasteiger partial charge on any atom is 0.101 e. The van der Waals surface area contributed by atoms with E-state index in [-0.39, 0.29) is 12.4 Å². The van der Waals surface area contributed by atoms with Gasteiger partial charge in [0.1, 0.15) is 6.01 Å². The van der Waals surface area contributed by atoms with Gasteiger partial charge < -0.3 is 0 Å². The van der Waals surface area contributed by atoms with Crippen molar-refractivity contribution < 1.29 is 0 Å². The molecule has 0 amide bonds. The first-order valence-corrected chi connectivity index (χ1v) is 10.2. The monoisotopic (exact) mass is 398 g/mol. The molecule has 0 spiro atoms. The van der Waals surface area contributed by atoms with Crippen LogP contribution in [-0.4, -0.2) is 6.01 Å². The number of rotatable bonds is 6. The van der Waals surface area contributed by atoms with Gasteiger partial charge in [-0.3, -0.25) is 0 Å². The molecule has 0 aromatic heterocycles. The van der Waals surface area contributed by atoms with Crippen molar-refractivity contribution in [3.8, 4) is 0 Å². The molecule has 0 N–H and O–H groups in total. The molecule has 0 aliphatic rings. The van der Waals surface area contributed by atoms with E-state index in [2.05, 4.69) is 97.8 Å². The Kier molecular flexibility index (Phi) is 9.14. The van der Waals surface area contributed by atoms with Crippen molar-refractivity contribution in [3.05, 3.63) is 58.7 Å². The van der Waals surface area contributed by atoms with Gasteiger partial charge in [0.25, 0.3) is 0 Å². The molecule has 0 aliphatic carbocycles. The van der Waals surface area contributed by atoms with Crippen LogP contribution in [0.25, 0.3) is 0 Å². The number of nitrogens with zero attached hydrogens (tertiary/aromatic N) is 2. The van der Waals surface area contributed by atoms with Gasteiger partial charge in [-0.15, -0.1) is 12.4 Å². The minimum atomic E-state index is 0. The second-order valence-corrected chi connectivity index (χ2v) is 8.51. The lowest BCUT2D eigenvalue weighted by Crippen LogP contribution is -1.95. The minimum Gasteiger partial charge on any atom is -0.187 e. The molecule has 2 nitrogen and oxygen atoms in total. The molecule has 0 fully saturated rings. The normalized spacial score (nSPS) is 11.0. The van der Waals surface area contributed by atoms with Crippen LogP contribution in [0.3, 0.4) is 0 Å². The van der Waals surface area contributed by atoms with E-state index in [0.29, 0.717) is 23.7 Å². The third kappa shape index (κ3) is 5.56. The van der Waals surface area contributed by atoms with E-state index in [1.807, 2.05) is 0 Å². The first kappa shape index (κ1) is 24.1. The van der Waals surface area contributed by atoms with Crippen LogP contribution in [0.2, 0.25) is 0 Å². The summed E-state index contributed by atoms with van der Waals surface area (Å²) in [5, 5.41) is 0. The van der Waals surface area contributed by atoms with Gasteiger partial charge in [-0.05, 0) is 45.9 Å². The highest BCUT2D eigenvalue weighted by molar-refractivity contribution is 5.85. The fourth-order valence-electron chi connectivity index (χ4n) is 3.41. The Labute approximate surface area is 177 Å². The van der Waals surface area contributed by atoms with Crippen LogP contribution < -0.4 is 0 Å². The standard InChI is InChI=1S/C25H34N2.ClH/c1-16(2)20-11-9-12-21(17(3)4)24(20)26-15-27-25-22(18(5)6)13-10-14-23(25)19(7)8;/h9-14,16-19H,1-8H3;1H. The molecule has 2 aromatic carbocycles. The van der Waals surface area contributed by atoms with E-state index < -0.39 is 0 Å². The number of halogens is 1. The fourth-order valence-corrected chi connectivity index (χ4v) is 3.41. The van der Waals surface area contributed by atoms with Crippen molar-refractivity contribution in [2.24, 2.45) is 9.98 Å². The second-order valence-electron chi connectivity index (χ2n) is 8.51. The molecule has 0 bridgehead atoms. The Hall–Kier alpha value is -1.89. The zero-order valence-corrected chi connectivity index (χ0v) is 19.4. The first-order valence-electron chi connectivity index (χ1n) is 10.2. The second kappa shape index (κ2) is 10.6. The van der Waals surface area contributed by atoms with Gasteiger partial charge >= 0.3 is 0 Å². The fraction of sp³-hybridized carbons (Fsp3) is 0.480. The van der Waals surface area contributed by atoms with Gasteiger partial charge in [-0.1, -0.05) is 91.8 Å². The van der Waals surface area contributed by atoms with Crippen molar-refractivity contribution in [3.63, 3.8) is 0 Å². The average molecular weight is 399 g/mol. The van der Waals surface area contributed by atoms with Crippen LogP contribution >= 0.6 is 12.4 Å². The van der Waals surface area contributed by atoms with Crippen LogP contribution in [0.1, 0.15) is 101 Å². The number of para-hydroxylation sites is 2. The van der Waals surface area contributed by atoms with Gasteiger partial charge in [0, 0.05) is 0 Å². The highest BCUT2D eigenvalue weighted by Crippen LogP contribution is 2.36. The molecule has 2 rings (SSSR count). The average Bonchev–Trinajstić information content (AvgIpc) is 2.61. The maximum atomic E-state index is 4.73. The zero-order chi connectivity index (χ0) is 20.1. The number of benzene rings is 2. The highest BCUT2D eigenvalue weighted by Gasteiger charge is 2.14. The van der Waals surface area contributed by atoms with E-state index in [9.17, 15) is 0 Å². The molecule has 3 heteroatoms. The van der Waals surface area contributed by atoms with Gasteiger partial charge in [-0.25, -0.2) is 0 Å². The number of aliphatic imine (C=N–C) groups is 2. The highest BCUT2D eigenvalue weighted by atomic mass is 35.5. The third-order valence-corrected chi connectivity index (χ3v) is 5.01. The van der Waals surface area contributed by atoms with E-state index >= 15 is 0 Å². The lowest BCUT2D eigenvalue weighted by atomic mass is 9.93. The quantitative estimate of drug-likeness (QED) is 0.434. The van der Waals surface area contributed by atoms with Gasteiger partial charge in [-0.2, -0.15) is 9.98 Å². The molecule has 0 atom stereocenters. The summed E-state index contributed by atoms with van der Waals surface area (Å²) in [5.74, 6) is 1.66.